The number of hydrogen-bond donors (Lipinski definition) is 2. The molecule has 2 N–H and O–H groups in total. The smallest absolute Gasteiger partial charge is 0.315 e. The van der Waals surface area contributed by atoms with Crippen LogP contribution in [-0.4, -0.2) is 18.0 Å². The van der Waals surface area contributed by atoms with Gasteiger partial charge in [0.05, 0.1) is 11.9 Å². The largest absolute Gasteiger partial charge is 0.329 e. The minimum atomic E-state index is -1.00. The van der Waals surface area contributed by atoms with Crippen LogP contribution in [0.25, 0.3) is 0 Å². The van der Waals surface area contributed by atoms with Crippen LogP contribution in [0.5, 0.6) is 0 Å². The first-order chi connectivity index (χ1) is 10.6. The second-order valence-corrected chi connectivity index (χ2v) is 5.10. The summed E-state index contributed by atoms with van der Waals surface area (Å²) >= 11 is 3.30. The summed E-state index contributed by atoms with van der Waals surface area (Å²) in [6, 6.07) is 12.8. The molecule has 5 nitrogen and oxygen atoms in total. The fourth-order valence-electron chi connectivity index (χ4n) is 1.54. The zero-order chi connectivity index (χ0) is 15.9. The lowest BCUT2D eigenvalue weighted by Gasteiger charge is -2.04. The number of para-hydroxylation sites is 1. The van der Waals surface area contributed by atoms with Crippen molar-refractivity contribution in [3.63, 3.8) is 0 Å². The van der Waals surface area contributed by atoms with Crippen LogP contribution in [0.3, 0.4) is 0 Å². The van der Waals surface area contributed by atoms with E-state index in [0.717, 1.165) is 10.0 Å². The highest BCUT2D eigenvalue weighted by molar-refractivity contribution is 9.10. The van der Waals surface area contributed by atoms with E-state index >= 15 is 0 Å². The van der Waals surface area contributed by atoms with Crippen LogP contribution in [-0.2, 0) is 9.59 Å². The van der Waals surface area contributed by atoms with Gasteiger partial charge in [-0.05, 0) is 29.8 Å². The second-order valence-electron chi connectivity index (χ2n) is 4.19. The quantitative estimate of drug-likeness (QED) is 0.500. The molecule has 7 heteroatoms. The molecule has 0 aliphatic rings. The van der Waals surface area contributed by atoms with Gasteiger partial charge in [0.25, 0.3) is 0 Å². The number of rotatable bonds is 3. The van der Waals surface area contributed by atoms with Crippen molar-refractivity contribution in [2.24, 2.45) is 5.10 Å². The lowest BCUT2D eigenvalue weighted by Crippen LogP contribution is -2.32. The number of hydrazone groups is 1. The molecular weight excluding hydrogens is 353 g/mol. The minimum Gasteiger partial charge on any atom is -0.315 e. The van der Waals surface area contributed by atoms with E-state index in [-0.39, 0.29) is 5.69 Å². The summed E-state index contributed by atoms with van der Waals surface area (Å²) < 4.78 is 14.2. The molecule has 0 saturated carbocycles. The highest BCUT2D eigenvalue weighted by Gasteiger charge is 2.14. The molecule has 2 rings (SSSR count). The zero-order valence-corrected chi connectivity index (χ0v) is 12.8. The standard InChI is InChI=1S/C15H11BrFN3O2/c16-11-5-3-4-10(8-11)9-18-20-15(22)14(21)19-13-7-2-1-6-12(13)17/h1-9H,(H,19,21)(H,20,22)/b18-9+. The molecule has 0 spiro atoms. The van der Waals surface area contributed by atoms with Crippen molar-refractivity contribution in [1.82, 2.24) is 5.43 Å². The molecule has 0 aliphatic carbocycles. The number of nitrogens with zero attached hydrogens (tertiary/aromatic N) is 1. The Hall–Kier alpha value is -2.54. The van der Waals surface area contributed by atoms with E-state index in [9.17, 15) is 14.0 Å². The van der Waals surface area contributed by atoms with Gasteiger partial charge >= 0.3 is 11.8 Å². The third kappa shape index (κ3) is 4.49. The first-order valence-corrected chi connectivity index (χ1v) is 7.00. The van der Waals surface area contributed by atoms with Crippen LogP contribution in [0.2, 0.25) is 0 Å². The maximum atomic E-state index is 13.3. The van der Waals surface area contributed by atoms with E-state index in [4.69, 9.17) is 0 Å². The van der Waals surface area contributed by atoms with E-state index in [0.29, 0.717) is 0 Å². The molecule has 0 atom stereocenters. The molecule has 0 aliphatic heterocycles. The number of carbonyl (C=O) groups is 2. The van der Waals surface area contributed by atoms with Crippen molar-refractivity contribution in [3.05, 3.63) is 64.4 Å². The van der Waals surface area contributed by atoms with Crippen molar-refractivity contribution in [2.75, 3.05) is 5.32 Å². The van der Waals surface area contributed by atoms with Crippen LogP contribution < -0.4 is 10.7 Å². The highest BCUT2D eigenvalue weighted by Crippen LogP contribution is 2.12. The van der Waals surface area contributed by atoms with Gasteiger partial charge in [0, 0.05) is 4.47 Å². The monoisotopic (exact) mass is 363 g/mol. The van der Waals surface area contributed by atoms with Crippen molar-refractivity contribution in [2.45, 2.75) is 0 Å². The first-order valence-electron chi connectivity index (χ1n) is 6.21. The Bertz CT molecular complexity index is 734. The third-order valence-corrected chi connectivity index (χ3v) is 3.05. The first kappa shape index (κ1) is 15.8. The molecule has 0 fully saturated rings. The van der Waals surface area contributed by atoms with Gasteiger partial charge in [0.15, 0.2) is 0 Å². The van der Waals surface area contributed by atoms with Crippen LogP contribution in [0, 0.1) is 5.82 Å². The lowest BCUT2D eigenvalue weighted by molar-refractivity contribution is -0.136. The van der Waals surface area contributed by atoms with Gasteiger partial charge < -0.3 is 5.32 Å². The molecule has 0 heterocycles. The number of nitrogens with one attached hydrogen (secondary N) is 2. The van der Waals surface area contributed by atoms with Gasteiger partial charge in [0.2, 0.25) is 0 Å². The van der Waals surface area contributed by atoms with E-state index in [1.54, 1.807) is 24.3 Å². The molecule has 0 aromatic heterocycles. The van der Waals surface area contributed by atoms with E-state index in [1.807, 2.05) is 6.07 Å². The summed E-state index contributed by atoms with van der Waals surface area (Å²) in [5.41, 5.74) is 2.74. The van der Waals surface area contributed by atoms with E-state index in [2.05, 4.69) is 31.8 Å². The Labute approximate surface area is 134 Å². The van der Waals surface area contributed by atoms with E-state index < -0.39 is 17.6 Å². The van der Waals surface area contributed by atoms with Gasteiger partial charge in [-0.3, -0.25) is 9.59 Å². The molecule has 0 saturated heterocycles. The summed E-state index contributed by atoms with van der Waals surface area (Å²) in [6.07, 6.45) is 1.39. The Morgan fingerprint density at radius 1 is 1.09 bits per heavy atom. The molecule has 2 aromatic rings. The molecule has 2 amide bonds. The second kappa shape index (κ2) is 7.46. The predicted molar refractivity (Wildman–Crippen MR) is 84.9 cm³/mol. The average Bonchev–Trinajstić information content (AvgIpc) is 2.49. The fourth-order valence-corrected chi connectivity index (χ4v) is 1.96. The molecule has 0 radical (unpaired) electrons. The number of halogens is 2. The van der Waals surface area contributed by atoms with Crippen LogP contribution in [0.15, 0.2) is 58.1 Å². The fraction of sp³-hybridized carbons (Fsp3) is 0. The van der Waals surface area contributed by atoms with E-state index in [1.165, 1.54) is 24.4 Å². The Morgan fingerprint density at radius 3 is 2.59 bits per heavy atom. The van der Waals surface area contributed by atoms with Crippen LogP contribution in [0.4, 0.5) is 10.1 Å². The van der Waals surface area contributed by atoms with Gasteiger partial charge in [-0.2, -0.15) is 5.10 Å². The SMILES string of the molecule is O=C(N/N=C/c1cccc(Br)c1)C(=O)Nc1ccccc1F. The number of hydrogen-bond acceptors (Lipinski definition) is 3. The van der Waals surface area contributed by atoms with Crippen molar-refractivity contribution >= 4 is 39.6 Å². The van der Waals surface area contributed by atoms with Gasteiger partial charge in [-0.1, -0.05) is 40.2 Å². The zero-order valence-electron chi connectivity index (χ0n) is 11.2. The normalized spacial score (nSPS) is 10.5. The van der Waals surface area contributed by atoms with Crippen LogP contribution >= 0.6 is 15.9 Å². The van der Waals surface area contributed by atoms with Gasteiger partial charge in [-0.15, -0.1) is 0 Å². The average molecular weight is 364 g/mol. The van der Waals surface area contributed by atoms with Crippen molar-refractivity contribution < 1.29 is 14.0 Å². The number of carbonyl (C=O) groups excluding carboxylic acids is 2. The summed E-state index contributed by atoms with van der Waals surface area (Å²) in [4.78, 5) is 23.1. The number of amides is 2. The Morgan fingerprint density at radius 2 is 1.86 bits per heavy atom. The molecule has 0 unspecified atom stereocenters. The van der Waals surface area contributed by atoms with Crippen molar-refractivity contribution in [3.8, 4) is 0 Å². The summed E-state index contributed by atoms with van der Waals surface area (Å²) in [7, 11) is 0. The number of benzene rings is 2. The maximum Gasteiger partial charge on any atom is 0.329 e. The minimum absolute atomic E-state index is 0.0707. The topological polar surface area (TPSA) is 70.6 Å². The Kier molecular flexibility index (Phi) is 5.37. The van der Waals surface area contributed by atoms with Crippen molar-refractivity contribution in [1.29, 1.82) is 0 Å². The molecule has 22 heavy (non-hydrogen) atoms. The summed E-state index contributed by atoms with van der Waals surface area (Å²) in [5, 5.41) is 5.83. The lowest BCUT2D eigenvalue weighted by atomic mass is 10.2. The van der Waals surface area contributed by atoms with Crippen LogP contribution in [0.1, 0.15) is 5.56 Å². The molecular formula is C15H11BrFN3O2. The summed E-state index contributed by atoms with van der Waals surface area (Å²) in [5.74, 6) is -2.62. The number of anilines is 1. The Balaban J connectivity index is 1.92. The molecule has 0 bridgehead atoms. The predicted octanol–water partition coefficient (Wildman–Crippen LogP) is 2.68. The third-order valence-electron chi connectivity index (χ3n) is 2.56. The van der Waals surface area contributed by atoms with Gasteiger partial charge in [-0.25, -0.2) is 9.82 Å². The molecule has 112 valence electrons. The maximum absolute atomic E-state index is 13.3. The molecule has 2 aromatic carbocycles. The summed E-state index contributed by atoms with van der Waals surface area (Å²) in [6.45, 7) is 0. The van der Waals surface area contributed by atoms with Gasteiger partial charge in [0.1, 0.15) is 5.82 Å². The highest BCUT2D eigenvalue weighted by atomic mass is 79.9.